The number of fused-ring (bicyclic) bond motifs is 1. The zero-order chi connectivity index (χ0) is 12.5. The van der Waals surface area contributed by atoms with Gasteiger partial charge in [-0.25, -0.2) is 9.67 Å². The van der Waals surface area contributed by atoms with Crippen LogP contribution in [0.2, 0.25) is 0 Å². The van der Waals surface area contributed by atoms with E-state index in [0.717, 1.165) is 25.9 Å². The van der Waals surface area contributed by atoms with Crippen LogP contribution >= 0.6 is 0 Å². The van der Waals surface area contributed by atoms with Gasteiger partial charge in [-0.15, -0.1) is 0 Å². The lowest BCUT2D eigenvalue weighted by molar-refractivity contribution is -0.385. The molecule has 1 fully saturated rings. The Hall–Kier alpha value is -2.02. The Morgan fingerprint density at radius 2 is 2.33 bits per heavy atom. The number of rotatable bonds is 2. The molecule has 1 aliphatic rings. The molecule has 7 heteroatoms. The zero-order valence-electron chi connectivity index (χ0n) is 9.65. The molecule has 18 heavy (non-hydrogen) atoms. The first-order valence-corrected chi connectivity index (χ1v) is 5.85. The highest BCUT2D eigenvalue weighted by molar-refractivity contribution is 5.76. The van der Waals surface area contributed by atoms with E-state index in [2.05, 4.69) is 10.1 Å². The maximum absolute atomic E-state index is 10.7. The Balaban J connectivity index is 2.01. The topological polar surface area (TPSA) is 83.1 Å². The van der Waals surface area contributed by atoms with Gasteiger partial charge in [0.15, 0.2) is 11.9 Å². The number of hydrogen-bond acceptors (Lipinski definition) is 5. The summed E-state index contributed by atoms with van der Waals surface area (Å²) < 4.78 is 7.34. The Kier molecular flexibility index (Phi) is 2.67. The quantitative estimate of drug-likeness (QED) is 0.599. The van der Waals surface area contributed by atoms with E-state index in [1.165, 1.54) is 12.3 Å². The molecule has 0 radical (unpaired) electrons. The summed E-state index contributed by atoms with van der Waals surface area (Å²) in [6.07, 6.45) is 5.80. The molecule has 0 aliphatic carbocycles. The van der Waals surface area contributed by atoms with Crippen LogP contribution in [0.5, 0.6) is 0 Å². The molecule has 1 unspecified atom stereocenters. The van der Waals surface area contributed by atoms with Gasteiger partial charge in [0.2, 0.25) is 0 Å². The van der Waals surface area contributed by atoms with Crippen molar-refractivity contribution in [1.29, 1.82) is 0 Å². The first-order valence-electron chi connectivity index (χ1n) is 5.85. The monoisotopic (exact) mass is 248 g/mol. The smallest absolute Gasteiger partial charge is 0.288 e. The highest BCUT2D eigenvalue weighted by atomic mass is 16.6. The van der Waals surface area contributed by atoms with E-state index in [4.69, 9.17) is 4.74 Å². The van der Waals surface area contributed by atoms with Crippen LogP contribution in [0.3, 0.4) is 0 Å². The molecule has 1 aliphatic heterocycles. The highest BCUT2D eigenvalue weighted by Gasteiger charge is 2.20. The first kappa shape index (κ1) is 11.1. The third kappa shape index (κ3) is 1.82. The van der Waals surface area contributed by atoms with Crippen molar-refractivity contribution in [2.75, 3.05) is 6.61 Å². The van der Waals surface area contributed by atoms with E-state index >= 15 is 0 Å². The van der Waals surface area contributed by atoms with Gasteiger partial charge in [0.05, 0.1) is 11.1 Å². The lowest BCUT2D eigenvalue weighted by Gasteiger charge is -2.22. The third-order valence-corrected chi connectivity index (χ3v) is 3.06. The molecule has 2 aromatic heterocycles. The van der Waals surface area contributed by atoms with Crippen molar-refractivity contribution in [1.82, 2.24) is 14.8 Å². The average molecular weight is 248 g/mol. The Morgan fingerprint density at radius 3 is 3.06 bits per heavy atom. The Bertz CT molecular complexity index is 589. The van der Waals surface area contributed by atoms with E-state index < -0.39 is 4.92 Å². The van der Waals surface area contributed by atoms with Crippen LogP contribution in [-0.4, -0.2) is 26.3 Å². The maximum Gasteiger partial charge on any atom is 0.288 e. The van der Waals surface area contributed by atoms with Crippen LogP contribution in [0.15, 0.2) is 18.5 Å². The number of pyridine rings is 1. The Labute approximate surface area is 103 Å². The number of nitro groups is 1. The second kappa shape index (κ2) is 4.34. The number of nitrogens with zero attached hydrogens (tertiary/aromatic N) is 4. The highest BCUT2D eigenvalue weighted by Crippen LogP contribution is 2.26. The lowest BCUT2D eigenvalue weighted by atomic mass is 10.2. The maximum atomic E-state index is 10.7. The van der Waals surface area contributed by atoms with Crippen molar-refractivity contribution in [3.63, 3.8) is 0 Å². The summed E-state index contributed by atoms with van der Waals surface area (Å²) in [6.45, 7) is 0.721. The van der Waals surface area contributed by atoms with Crippen LogP contribution in [0, 0.1) is 10.1 Å². The molecular formula is C11H12N4O3. The van der Waals surface area contributed by atoms with Crippen molar-refractivity contribution in [3.05, 3.63) is 28.6 Å². The van der Waals surface area contributed by atoms with Crippen LogP contribution < -0.4 is 0 Å². The molecule has 1 atom stereocenters. The van der Waals surface area contributed by atoms with Crippen molar-refractivity contribution < 1.29 is 9.66 Å². The molecule has 3 heterocycles. The van der Waals surface area contributed by atoms with Crippen molar-refractivity contribution in [2.45, 2.75) is 25.5 Å². The number of ether oxygens (including phenoxy) is 1. The van der Waals surface area contributed by atoms with Crippen LogP contribution in [0.25, 0.3) is 11.0 Å². The minimum Gasteiger partial charge on any atom is -0.356 e. The molecule has 0 bridgehead atoms. The normalized spacial score (nSPS) is 20.1. The van der Waals surface area contributed by atoms with Crippen molar-refractivity contribution >= 4 is 16.7 Å². The standard InChI is InChI=1S/C11H12N4O3/c16-15(17)9-5-8-6-13-14(11(8)12-7-9)10-3-1-2-4-18-10/h5-7,10H,1-4H2. The molecule has 3 rings (SSSR count). The summed E-state index contributed by atoms with van der Waals surface area (Å²) in [4.78, 5) is 14.3. The lowest BCUT2D eigenvalue weighted by Crippen LogP contribution is -2.19. The number of hydrogen-bond donors (Lipinski definition) is 0. The molecule has 94 valence electrons. The largest absolute Gasteiger partial charge is 0.356 e. The predicted molar refractivity (Wildman–Crippen MR) is 63.0 cm³/mol. The molecule has 1 saturated heterocycles. The van der Waals surface area contributed by atoms with Gasteiger partial charge in [0, 0.05) is 18.1 Å². The van der Waals surface area contributed by atoms with E-state index in [0.29, 0.717) is 11.0 Å². The fourth-order valence-electron chi connectivity index (χ4n) is 2.16. The molecule has 0 N–H and O–H groups in total. The van der Waals surface area contributed by atoms with Gasteiger partial charge in [0.25, 0.3) is 5.69 Å². The van der Waals surface area contributed by atoms with Gasteiger partial charge in [-0.3, -0.25) is 10.1 Å². The second-order valence-corrected chi connectivity index (χ2v) is 4.27. The second-order valence-electron chi connectivity index (χ2n) is 4.27. The molecule has 0 amide bonds. The van der Waals surface area contributed by atoms with Crippen LogP contribution in [0.4, 0.5) is 5.69 Å². The fraction of sp³-hybridized carbons (Fsp3) is 0.455. The molecule has 0 aromatic carbocycles. The van der Waals surface area contributed by atoms with Gasteiger partial charge in [-0.2, -0.15) is 5.10 Å². The summed E-state index contributed by atoms with van der Waals surface area (Å²) in [6, 6.07) is 1.48. The fourth-order valence-corrected chi connectivity index (χ4v) is 2.16. The zero-order valence-corrected chi connectivity index (χ0v) is 9.65. The van der Waals surface area contributed by atoms with Crippen molar-refractivity contribution in [3.8, 4) is 0 Å². The van der Waals surface area contributed by atoms with E-state index in [1.54, 1.807) is 10.9 Å². The summed E-state index contributed by atoms with van der Waals surface area (Å²) >= 11 is 0. The molecule has 0 saturated carbocycles. The van der Waals surface area contributed by atoms with Crippen molar-refractivity contribution in [2.24, 2.45) is 0 Å². The van der Waals surface area contributed by atoms with E-state index in [9.17, 15) is 10.1 Å². The average Bonchev–Trinajstić information content (AvgIpc) is 2.82. The first-order chi connectivity index (χ1) is 8.75. The van der Waals surface area contributed by atoms with Gasteiger partial charge >= 0.3 is 0 Å². The molecular weight excluding hydrogens is 236 g/mol. The van der Waals surface area contributed by atoms with Gasteiger partial charge in [0.1, 0.15) is 6.20 Å². The molecule has 7 nitrogen and oxygen atoms in total. The molecule has 2 aromatic rings. The van der Waals surface area contributed by atoms with Crippen LogP contribution in [-0.2, 0) is 4.74 Å². The van der Waals surface area contributed by atoms with Gasteiger partial charge < -0.3 is 4.74 Å². The van der Waals surface area contributed by atoms with Crippen LogP contribution in [0.1, 0.15) is 25.5 Å². The summed E-state index contributed by atoms with van der Waals surface area (Å²) in [5, 5.41) is 15.6. The summed E-state index contributed by atoms with van der Waals surface area (Å²) in [5.74, 6) is 0. The number of aromatic nitrogens is 3. The third-order valence-electron chi connectivity index (χ3n) is 3.06. The minimum absolute atomic E-state index is 0.0217. The minimum atomic E-state index is -0.457. The van der Waals surface area contributed by atoms with E-state index in [-0.39, 0.29) is 11.9 Å². The van der Waals surface area contributed by atoms with Gasteiger partial charge in [-0.05, 0) is 19.3 Å². The summed E-state index contributed by atoms with van der Waals surface area (Å²) in [5.41, 5.74) is 0.610. The predicted octanol–water partition coefficient (Wildman–Crippen LogP) is 2.04. The Morgan fingerprint density at radius 1 is 1.44 bits per heavy atom. The molecule has 0 spiro atoms. The SMILES string of the molecule is O=[N+]([O-])c1cnc2c(cnn2C2CCCCO2)c1. The van der Waals surface area contributed by atoms with Gasteiger partial charge in [-0.1, -0.05) is 0 Å². The summed E-state index contributed by atoms with van der Waals surface area (Å²) in [7, 11) is 0. The van der Waals surface area contributed by atoms with E-state index in [1.807, 2.05) is 0 Å².